The van der Waals surface area contributed by atoms with E-state index in [1.807, 2.05) is 55.5 Å². The molecule has 3 nitrogen and oxygen atoms in total. The maximum Gasteiger partial charge on any atom is 0.217 e. The number of nitrogens with one attached hydrogen (secondary N) is 1. The monoisotopic (exact) mass is 391 g/mol. The molecule has 0 aliphatic heterocycles. The third-order valence-corrected chi connectivity index (χ3v) is 5.38. The minimum atomic E-state index is -0.0671. The molecule has 2 aromatic carbocycles. The minimum absolute atomic E-state index is 0.0636. The molecule has 0 aliphatic carbocycles. The van der Waals surface area contributed by atoms with Crippen molar-refractivity contribution in [2.75, 3.05) is 5.75 Å². The minimum Gasteiger partial charge on any atom is -0.350 e. The van der Waals surface area contributed by atoms with Gasteiger partial charge in [0.1, 0.15) is 0 Å². The zero-order chi connectivity index (χ0) is 16.8. The Labute approximate surface area is 149 Å². The Morgan fingerprint density at radius 2 is 1.78 bits per heavy atom. The number of carbonyl (C=O) groups excluding carboxylic acids is 2. The molecule has 23 heavy (non-hydrogen) atoms. The molecular formula is C18H18BrNO2S. The first kappa shape index (κ1) is 17.8. The van der Waals surface area contributed by atoms with Crippen LogP contribution in [0.5, 0.6) is 0 Å². The summed E-state index contributed by atoms with van der Waals surface area (Å²) in [6.07, 6.45) is 0. The van der Waals surface area contributed by atoms with Gasteiger partial charge in [0.2, 0.25) is 5.91 Å². The van der Waals surface area contributed by atoms with E-state index in [-0.39, 0.29) is 17.7 Å². The summed E-state index contributed by atoms with van der Waals surface area (Å²) in [5.74, 6) is 0.412. The SMILES string of the molecule is CC(=O)NC(C)c1ccc(C(=O)CSc2ccccc2Br)cc1. The Kier molecular flexibility index (Phi) is 6.42. The van der Waals surface area contributed by atoms with Crippen LogP contribution in [0.15, 0.2) is 57.9 Å². The predicted molar refractivity (Wildman–Crippen MR) is 97.9 cm³/mol. The Morgan fingerprint density at radius 1 is 1.13 bits per heavy atom. The molecule has 0 aromatic heterocycles. The van der Waals surface area contributed by atoms with E-state index in [0.29, 0.717) is 11.3 Å². The Balaban J connectivity index is 1.97. The topological polar surface area (TPSA) is 46.2 Å². The van der Waals surface area contributed by atoms with E-state index in [1.165, 1.54) is 18.7 Å². The number of ketones is 1. The second-order valence-corrected chi connectivity index (χ2v) is 7.06. The molecule has 0 heterocycles. The average Bonchev–Trinajstić information content (AvgIpc) is 2.53. The van der Waals surface area contributed by atoms with Gasteiger partial charge in [-0.1, -0.05) is 36.4 Å². The number of hydrogen-bond acceptors (Lipinski definition) is 3. The van der Waals surface area contributed by atoms with Crippen molar-refractivity contribution in [3.8, 4) is 0 Å². The van der Waals surface area contributed by atoms with Gasteiger partial charge in [-0.15, -0.1) is 11.8 Å². The Bertz CT molecular complexity index is 700. The van der Waals surface area contributed by atoms with Crippen LogP contribution in [-0.2, 0) is 4.79 Å². The van der Waals surface area contributed by atoms with Gasteiger partial charge in [-0.2, -0.15) is 0 Å². The Hall–Kier alpha value is -1.59. The first-order valence-electron chi connectivity index (χ1n) is 7.25. The van der Waals surface area contributed by atoms with Crippen molar-refractivity contribution in [1.29, 1.82) is 0 Å². The van der Waals surface area contributed by atoms with E-state index in [4.69, 9.17) is 0 Å². The summed E-state index contributed by atoms with van der Waals surface area (Å²) in [6.45, 7) is 3.41. The maximum absolute atomic E-state index is 12.3. The average molecular weight is 392 g/mol. The molecule has 0 bridgehead atoms. The zero-order valence-corrected chi connectivity index (χ0v) is 15.4. The number of Topliss-reactive ketones (excluding diaryl/α,β-unsaturated/α-hetero) is 1. The highest BCUT2D eigenvalue weighted by atomic mass is 79.9. The second kappa shape index (κ2) is 8.31. The molecule has 0 spiro atoms. The van der Waals surface area contributed by atoms with E-state index in [1.54, 1.807) is 0 Å². The summed E-state index contributed by atoms with van der Waals surface area (Å²) in [6, 6.07) is 15.2. The standard InChI is InChI=1S/C18H18BrNO2S/c1-12(20-13(2)21)14-7-9-15(10-8-14)17(22)11-23-18-6-4-3-5-16(18)19/h3-10,12H,11H2,1-2H3,(H,20,21). The number of amides is 1. The van der Waals surface area contributed by atoms with E-state index in [0.717, 1.165) is 14.9 Å². The molecule has 1 atom stereocenters. The van der Waals surface area contributed by atoms with Gasteiger partial charge in [0.25, 0.3) is 0 Å². The highest BCUT2D eigenvalue weighted by Gasteiger charge is 2.10. The van der Waals surface area contributed by atoms with Gasteiger partial charge < -0.3 is 5.32 Å². The van der Waals surface area contributed by atoms with Gasteiger partial charge in [-0.3, -0.25) is 9.59 Å². The van der Waals surface area contributed by atoms with Gasteiger partial charge in [0, 0.05) is 21.9 Å². The highest BCUT2D eigenvalue weighted by Crippen LogP contribution is 2.27. The van der Waals surface area contributed by atoms with Crippen LogP contribution in [0.3, 0.4) is 0 Å². The third kappa shape index (κ3) is 5.22. The molecule has 0 radical (unpaired) electrons. The van der Waals surface area contributed by atoms with Crippen molar-refractivity contribution in [3.05, 3.63) is 64.1 Å². The molecule has 0 aliphatic rings. The summed E-state index contributed by atoms with van der Waals surface area (Å²) in [7, 11) is 0. The van der Waals surface area contributed by atoms with E-state index in [2.05, 4.69) is 21.2 Å². The lowest BCUT2D eigenvalue weighted by atomic mass is 10.0. The lowest BCUT2D eigenvalue weighted by Gasteiger charge is -2.13. The van der Waals surface area contributed by atoms with Gasteiger partial charge in [-0.25, -0.2) is 0 Å². The van der Waals surface area contributed by atoms with Crippen LogP contribution in [0.25, 0.3) is 0 Å². The molecule has 120 valence electrons. The number of halogens is 1. The first-order valence-corrected chi connectivity index (χ1v) is 9.03. The van der Waals surface area contributed by atoms with Gasteiger partial charge in [0.05, 0.1) is 11.8 Å². The normalized spacial score (nSPS) is 11.8. The summed E-state index contributed by atoms with van der Waals surface area (Å²) in [5.41, 5.74) is 1.67. The summed E-state index contributed by atoms with van der Waals surface area (Å²) in [4.78, 5) is 24.4. The first-order chi connectivity index (χ1) is 11.0. The predicted octanol–water partition coefficient (Wildman–Crippen LogP) is 4.62. The third-order valence-electron chi connectivity index (χ3n) is 3.35. The second-order valence-electron chi connectivity index (χ2n) is 5.19. The maximum atomic E-state index is 12.3. The number of benzene rings is 2. The van der Waals surface area contributed by atoms with Crippen molar-refractivity contribution in [2.45, 2.75) is 24.8 Å². The van der Waals surface area contributed by atoms with Crippen molar-refractivity contribution in [1.82, 2.24) is 5.32 Å². The number of hydrogen-bond donors (Lipinski definition) is 1. The van der Waals surface area contributed by atoms with E-state index >= 15 is 0 Å². The quantitative estimate of drug-likeness (QED) is 0.576. The molecule has 2 aromatic rings. The van der Waals surface area contributed by atoms with Gasteiger partial charge in [-0.05, 0) is 40.5 Å². The van der Waals surface area contributed by atoms with E-state index < -0.39 is 0 Å². The van der Waals surface area contributed by atoms with Crippen LogP contribution in [0.4, 0.5) is 0 Å². The Morgan fingerprint density at radius 3 is 2.39 bits per heavy atom. The molecule has 1 unspecified atom stereocenters. The van der Waals surface area contributed by atoms with E-state index in [9.17, 15) is 9.59 Å². The molecule has 0 saturated heterocycles. The molecular weight excluding hydrogens is 374 g/mol. The molecule has 0 saturated carbocycles. The lowest BCUT2D eigenvalue weighted by molar-refractivity contribution is -0.119. The summed E-state index contributed by atoms with van der Waals surface area (Å²) < 4.78 is 0.997. The van der Waals surface area contributed by atoms with Crippen LogP contribution < -0.4 is 5.32 Å². The highest BCUT2D eigenvalue weighted by molar-refractivity contribution is 9.10. The fraction of sp³-hybridized carbons (Fsp3) is 0.222. The summed E-state index contributed by atoms with van der Waals surface area (Å²) >= 11 is 5.00. The van der Waals surface area contributed by atoms with Crippen LogP contribution in [0.1, 0.15) is 35.8 Å². The lowest BCUT2D eigenvalue weighted by Crippen LogP contribution is -2.23. The van der Waals surface area contributed by atoms with Crippen LogP contribution in [0.2, 0.25) is 0 Å². The van der Waals surface area contributed by atoms with Crippen LogP contribution in [-0.4, -0.2) is 17.4 Å². The largest absolute Gasteiger partial charge is 0.350 e. The van der Waals surface area contributed by atoms with Crippen molar-refractivity contribution >= 4 is 39.4 Å². The van der Waals surface area contributed by atoms with Gasteiger partial charge in [0.15, 0.2) is 5.78 Å². The molecule has 0 fully saturated rings. The number of carbonyl (C=O) groups is 2. The number of thioether (sulfide) groups is 1. The van der Waals surface area contributed by atoms with Gasteiger partial charge >= 0.3 is 0 Å². The zero-order valence-electron chi connectivity index (χ0n) is 13.0. The van der Waals surface area contributed by atoms with Crippen molar-refractivity contribution in [3.63, 3.8) is 0 Å². The fourth-order valence-electron chi connectivity index (χ4n) is 2.13. The fourth-order valence-corrected chi connectivity index (χ4v) is 3.60. The smallest absolute Gasteiger partial charge is 0.217 e. The molecule has 2 rings (SSSR count). The van der Waals surface area contributed by atoms with Crippen LogP contribution >= 0.6 is 27.7 Å². The number of rotatable bonds is 6. The summed E-state index contributed by atoms with van der Waals surface area (Å²) in [5, 5.41) is 2.83. The molecule has 1 amide bonds. The molecule has 1 N–H and O–H groups in total. The van der Waals surface area contributed by atoms with Crippen molar-refractivity contribution < 1.29 is 9.59 Å². The van der Waals surface area contributed by atoms with Crippen molar-refractivity contribution in [2.24, 2.45) is 0 Å². The van der Waals surface area contributed by atoms with Crippen LogP contribution in [0, 0.1) is 0 Å². The molecule has 5 heteroatoms.